The summed E-state index contributed by atoms with van der Waals surface area (Å²) >= 11 is 0. The molecule has 0 amide bonds. The van der Waals surface area contributed by atoms with Gasteiger partial charge in [0.05, 0.1) is 6.04 Å². The van der Waals surface area contributed by atoms with Crippen LogP contribution in [0.3, 0.4) is 0 Å². The van der Waals surface area contributed by atoms with Crippen molar-refractivity contribution in [3.63, 3.8) is 0 Å². The van der Waals surface area contributed by atoms with Crippen molar-refractivity contribution < 1.29 is 5.73 Å². The van der Waals surface area contributed by atoms with Gasteiger partial charge in [0.25, 0.3) is 0 Å². The van der Waals surface area contributed by atoms with Gasteiger partial charge in [0, 0.05) is 5.41 Å². The highest BCUT2D eigenvalue weighted by Crippen LogP contribution is 2.69. The molecule has 0 aromatic carbocycles. The zero-order chi connectivity index (χ0) is 10.9. The number of quaternary nitrogens is 1. The van der Waals surface area contributed by atoms with E-state index in [2.05, 4.69) is 26.5 Å². The second kappa shape index (κ2) is 2.61. The first-order valence-electron chi connectivity index (χ1n) is 6.68. The maximum absolute atomic E-state index is 4.39. The second-order valence-electron chi connectivity index (χ2n) is 7.89. The Balaban J connectivity index is 2.02. The van der Waals surface area contributed by atoms with Gasteiger partial charge in [-0.3, -0.25) is 0 Å². The molecule has 3 unspecified atom stereocenters. The molecule has 1 heteroatoms. The number of hydrogen-bond acceptors (Lipinski definition) is 0. The van der Waals surface area contributed by atoms with Crippen LogP contribution in [0.2, 0.25) is 0 Å². The molecule has 4 aliphatic carbocycles. The Morgan fingerprint density at radius 1 is 1.00 bits per heavy atom. The highest BCUT2D eigenvalue weighted by molar-refractivity contribution is 5.11. The quantitative estimate of drug-likeness (QED) is 0.686. The molecule has 15 heavy (non-hydrogen) atoms. The SMILES string of the molecule is CC([NH3+])C12CC3CC(C)(CC(C)(C3)C1)C2. The van der Waals surface area contributed by atoms with Crippen molar-refractivity contribution in [2.45, 2.75) is 65.3 Å². The van der Waals surface area contributed by atoms with Crippen molar-refractivity contribution in [2.24, 2.45) is 22.2 Å². The van der Waals surface area contributed by atoms with Gasteiger partial charge in [0.15, 0.2) is 0 Å². The third-order valence-electron chi connectivity index (χ3n) is 5.71. The van der Waals surface area contributed by atoms with Gasteiger partial charge in [-0.15, -0.1) is 0 Å². The minimum Gasteiger partial charge on any atom is -0.355 e. The fourth-order valence-corrected chi connectivity index (χ4v) is 6.09. The van der Waals surface area contributed by atoms with Crippen LogP contribution in [0.5, 0.6) is 0 Å². The van der Waals surface area contributed by atoms with E-state index in [1.54, 1.807) is 0 Å². The fraction of sp³-hybridized carbons (Fsp3) is 1.00. The normalized spacial score (nSPS) is 59.6. The lowest BCUT2D eigenvalue weighted by Gasteiger charge is -2.65. The lowest BCUT2D eigenvalue weighted by Crippen LogP contribution is -2.72. The molecule has 4 aliphatic rings. The third kappa shape index (κ3) is 1.32. The summed E-state index contributed by atoms with van der Waals surface area (Å²) in [7, 11) is 0. The maximum atomic E-state index is 4.39. The molecule has 86 valence electrons. The highest BCUT2D eigenvalue weighted by atomic mass is 14.7. The van der Waals surface area contributed by atoms with E-state index in [1.165, 1.54) is 38.5 Å². The summed E-state index contributed by atoms with van der Waals surface area (Å²) in [5, 5.41) is 0. The van der Waals surface area contributed by atoms with Crippen LogP contribution in [-0.2, 0) is 0 Å². The first-order chi connectivity index (χ1) is 6.85. The molecule has 0 saturated heterocycles. The van der Waals surface area contributed by atoms with Crippen molar-refractivity contribution in [2.75, 3.05) is 0 Å². The van der Waals surface area contributed by atoms with Crippen molar-refractivity contribution in [3.05, 3.63) is 0 Å². The zero-order valence-corrected chi connectivity index (χ0v) is 10.6. The Morgan fingerprint density at radius 3 is 1.93 bits per heavy atom. The fourth-order valence-electron chi connectivity index (χ4n) is 6.09. The molecule has 0 aromatic rings. The highest BCUT2D eigenvalue weighted by Gasteiger charge is 2.61. The van der Waals surface area contributed by atoms with Gasteiger partial charge < -0.3 is 5.73 Å². The van der Waals surface area contributed by atoms with Gasteiger partial charge in [-0.25, -0.2) is 0 Å². The minimum absolute atomic E-state index is 0.614. The average Bonchev–Trinajstić information content (AvgIpc) is 1.95. The molecule has 0 aliphatic heterocycles. The van der Waals surface area contributed by atoms with Gasteiger partial charge >= 0.3 is 0 Å². The molecule has 0 heterocycles. The van der Waals surface area contributed by atoms with Crippen LogP contribution >= 0.6 is 0 Å². The van der Waals surface area contributed by atoms with Gasteiger partial charge in [-0.1, -0.05) is 13.8 Å². The molecule has 4 saturated carbocycles. The zero-order valence-electron chi connectivity index (χ0n) is 10.6. The van der Waals surface area contributed by atoms with Gasteiger partial charge in [0.2, 0.25) is 0 Å². The van der Waals surface area contributed by atoms with Crippen LogP contribution in [0.15, 0.2) is 0 Å². The van der Waals surface area contributed by atoms with E-state index in [-0.39, 0.29) is 0 Å². The van der Waals surface area contributed by atoms with Crippen LogP contribution < -0.4 is 5.73 Å². The predicted molar refractivity (Wildman–Crippen MR) is 62.2 cm³/mol. The monoisotopic (exact) mass is 208 g/mol. The Morgan fingerprint density at radius 2 is 1.53 bits per heavy atom. The molecule has 0 aromatic heterocycles. The van der Waals surface area contributed by atoms with E-state index in [9.17, 15) is 0 Å². The molecule has 0 radical (unpaired) electrons. The molecule has 0 spiro atoms. The van der Waals surface area contributed by atoms with Crippen LogP contribution in [0.1, 0.15) is 59.3 Å². The molecule has 1 nitrogen and oxygen atoms in total. The molecular weight excluding hydrogens is 182 g/mol. The third-order valence-corrected chi connectivity index (χ3v) is 5.71. The second-order valence-corrected chi connectivity index (χ2v) is 7.89. The standard InChI is InChI=1S/C14H25N/c1-10(15)14-6-11-4-12(2,8-14)7-13(3,5-11)9-14/h10-11H,4-9,15H2,1-3H3/p+1. The summed E-state index contributed by atoms with van der Waals surface area (Å²) in [5.41, 5.74) is 6.34. The first kappa shape index (κ1) is 10.1. The molecule has 4 bridgehead atoms. The average molecular weight is 208 g/mol. The topological polar surface area (TPSA) is 27.6 Å². The van der Waals surface area contributed by atoms with E-state index >= 15 is 0 Å². The van der Waals surface area contributed by atoms with Crippen LogP contribution in [0.4, 0.5) is 0 Å². The summed E-state index contributed by atoms with van der Waals surface area (Å²) < 4.78 is 0. The summed E-state index contributed by atoms with van der Waals surface area (Å²) in [6, 6.07) is 0.652. The van der Waals surface area contributed by atoms with Crippen molar-refractivity contribution in [3.8, 4) is 0 Å². The molecule has 4 rings (SSSR count). The van der Waals surface area contributed by atoms with Gasteiger partial charge in [-0.05, 0) is 62.2 Å². The Hall–Kier alpha value is -0.0400. The van der Waals surface area contributed by atoms with Crippen molar-refractivity contribution >= 4 is 0 Å². The first-order valence-corrected chi connectivity index (χ1v) is 6.68. The van der Waals surface area contributed by atoms with Gasteiger partial charge in [0.1, 0.15) is 0 Å². The minimum atomic E-state index is 0.614. The summed E-state index contributed by atoms with van der Waals surface area (Å²) in [4.78, 5) is 0. The molecule has 3 atom stereocenters. The van der Waals surface area contributed by atoms with Gasteiger partial charge in [-0.2, -0.15) is 0 Å². The predicted octanol–water partition coefficient (Wildman–Crippen LogP) is 2.61. The van der Waals surface area contributed by atoms with Crippen molar-refractivity contribution in [1.29, 1.82) is 0 Å². The summed E-state index contributed by atoms with van der Waals surface area (Å²) in [6.07, 6.45) is 8.94. The lowest BCUT2D eigenvalue weighted by molar-refractivity contribution is -0.456. The lowest BCUT2D eigenvalue weighted by atomic mass is 9.39. The Kier molecular flexibility index (Phi) is 1.77. The smallest absolute Gasteiger partial charge is 0.0872 e. The molecular formula is C14H26N+. The van der Waals surface area contributed by atoms with E-state index in [1.807, 2.05) is 0 Å². The van der Waals surface area contributed by atoms with Crippen LogP contribution in [0, 0.1) is 22.2 Å². The summed E-state index contributed by atoms with van der Waals surface area (Å²) in [5.74, 6) is 1.03. The maximum Gasteiger partial charge on any atom is 0.0872 e. The largest absolute Gasteiger partial charge is 0.355 e. The van der Waals surface area contributed by atoms with E-state index < -0.39 is 0 Å². The molecule has 4 fully saturated rings. The number of hydrogen-bond donors (Lipinski definition) is 1. The summed E-state index contributed by atoms with van der Waals surface area (Å²) in [6.45, 7) is 7.46. The molecule has 3 N–H and O–H groups in total. The van der Waals surface area contributed by atoms with Crippen LogP contribution in [0.25, 0.3) is 0 Å². The van der Waals surface area contributed by atoms with Crippen LogP contribution in [-0.4, -0.2) is 6.04 Å². The van der Waals surface area contributed by atoms with E-state index in [0.717, 1.165) is 5.92 Å². The van der Waals surface area contributed by atoms with Crippen molar-refractivity contribution in [1.82, 2.24) is 0 Å². The number of rotatable bonds is 1. The van der Waals surface area contributed by atoms with E-state index in [4.69, 9.17) is 0 Å². The Labute approximate surface area is 93.8 Å². The van der Waals surface area contributed by atoms with E-state index in [0.29, 0.717) is 22.3 Å². The Bertz CT molecular complexity index is 276.